The van der Waals surface area contributed by atoms with Crippen LogP contribution in [0, 0.1) is 5.92 Å². The fourth-order valence-electron chi connectivity index (χ4n) is 4.30. The van der Waals surface area contributed by atoms with E-state index in [0.29, 0.717) is 19.0 Å². The topological polar surface area (TPSA) is 20.3 Å². The first-order valence-corrected chi connectivity index (χ1v) is 10.6. The van der Waals surface area contributed by atoms with Crippen molar-refractivity contribution in [1.29, 1.82) is 0 Å². The molecule has 0 fully saturated rings. The Balaban J connectivity index is 1.60. The van der Waals surface area contributed by atoms with E-state index in [1.54, 1.807) is 0 Å². The highest BCUT2D eigenvalue weighted by molar-refractivity contribution is 5.84. The van der Waals surface area contributed by atoms with Gasteiger partial charge >= 0.3 is 0 Å². The minimum absolute atomic E-state index is 0.152. The molecule has 4 rings (SSSR count). The molecular formula is C27H29NO. The van der Waals surface area contributed by atoms with E-state index in [0.717, 1.165) is 12.0 Å². The number of benzene rings is 3. The Kier molecular flexibility index (Phi) is 5.53. The van der Waals surface area contributed by atoms with Crippen LogP contribution in [0.5, 0.6) is 0 Å². The zero-order valence-electron chi connectivity index (χ0n) is 17.6. The summed E-state index contributed by atoms with van der Waals surface area (Å²) in [7, 11) is 0. The third-order valence-corrected chi connectivity index (χ3v) is 5.85. The van der Waals surface area contributed by atoms with Crippen LogP contribution in [0.1, 0.15) is 48.9 Å². The quantitative estimate of drug-likeness (QED) is 0.525. The standard InChI is InChI=1S/C27H29NO/c1-19(2)16-21-12-14-22(15-13-21)20(3)27(29)28-17-23-8-4-6-10-25(23)26-11-7-5-9-24(26)18-28/h4-15,19-20H,16-18H2,1-3H3/t20-/m1/s1. The lowest BCUT2D eigenvalue weighted by Crippen LogP contribution is -2.32. The fraction of sp³-hybridized carbons (Fsp3) is 0.296. The van der Waals surface area contributed by atoms with Crippen molar-refractivity contribution in [3.8, 4) is 11.1 Å². The second-order valence-corrected chi connectivity index (χ2v) is 8.57. The summed E-state index contributed by atoms with van der Waals surface area (Å²) in [5.41, 5.74) is 7.33. The van der Waals surface area contributed by atoms with Gasteiger partial charge in [-0.2, -0.15) is 0 Å². The number of carbonyl (C=O) groups is 1. The molecule has 3 aromatic carbocycles. The van der Waals surface area contributed by atoms with Crippen LogP contribution in [0.3, 0.4) is 0 Å². The minimum atomic E-state index is -0.152. The van der Waals surface area contributed by atoms with E-state index in [1.165, 1.54) is 27.8 Å². The second kappa shape index (κ2) is 8.24. The molecule has 2 heteroatoms. The molecule has 0 spiro atoms. The third-order valence-electron chi connectivity index (χ3n) is 5.85. The third kappa shape index (κ3) is 4.12. The van der Waals surface area contributed by atoms with E-state index < -0.39 is 0 Å². The van der Waals surface area contributed by atoms with E-state index in [4.69, 9.17) is 0 Å². The smallest absolute Gasteiger partial charge is 0.230 e. The molecule has 0 N–H and O–H groups in total. The molecule has 1 atom stereocenters. The maximum Gasteiger partial charge on any atom is 0.230 e. The summed E-state index contributed by atoms with van der Waals surface area (Å²) in [6.07, 6.45) is 1.07. The number of hydrogen-bond acceptors (Lipinski definition) is 1. The molecular weight excluding hydrogens is 354 g/mol. The Morgan fingerprint density at radius 3 is 1.83 bits per heavy atom. The number of amides is 1. The van der Waals surface area contributed by atoms with Crippen molar-refractivity contribution in [3.05, 3.63) is 95.1 Å². The molecule has 3 aromatic rings. The van der Waals surface area contributed by atoms with Crippen molar-refractivity contribution in [3.63, 3.8) is 0 Å². The molecule has 1 aliphatic rings. The number of rotatable bonds is 4. The van der Waals surface area contributed by atoms with Gasteiger partial charge in [0, 0.05) is 13.1 Å². The summed E-state index contributed by atoms with van der Waals surface area (Å²) < 4.78 is 0. The first-order valence-electron chi connectivity index (χ1n) is 10.6. The molecule has 0 aromatic heterocycles. The normalized spacial score (nSPS) is 14.1. The first kappa shape index (κ1) is 19.4. The molecule has 0 bridgehead atoms. The van der Waals surface area contributed by atoms with Crippen LogP contribution in [-0.2, 0) is 24.3 Å². The first-order chi connectivity index (χ1) is 14.0. The lowest BCUT2D eigenvalue weighted by molar-refractivity contribution is -0.133. The Labute approximate surface area is 174 Å². The molecule has 29 heavy (non-hydrogen) atoms. The van der Waals surface area contributed by atoms with Crippen LogP contribution in [0.2, 0.25) is 0 Å². The van der Waals surface area contributed by atoms with E-state index in [9.17, 15) is 4.79 Å². The van der Waals surface area contributed by atoms with Crippen LogP contribution in [-0.4, -0.2) is 10.8 Å². The lowest BCUT2D eigenvalue weighted by atomic mass is 9.95. The summed E-state index contributed by atoms with van der Waals surface area (Å²) in [4.78, 5) is 15.5. The average molecular weight is 384 g/mol. The summed E-state index contributed by atoms with van der Waals surface area (Å²) in [5.74, 6) is 0.672. The number of hydrogen-bond donors (Lipinski definition) is 0. The van der Waals surface area contributed by atoms with Gasteiger partial charge in [-0.05, 0) is 52.6 Å². The summed E-state index contributed by atoms with van der Waals surface area (Å²) in [5, 5.41) is 0. The van der Waals surface area contributed by atoms with Crippen molar-refractivity contribution in [2.45, 2.75) is 46.2 Å². The number of fused-ring (bicyclic) bond motifs is 3. The van der Waals surface area contributed by atoms with Gasteiger partial charge in [-0.1, -0.05) is 86.6 Å². The molecule has 0 aliphatic carbocycles. The van der Waals surface area contributed by atoms with Gasteiger partial charge < -0.3 is 4.90 Å². The summed E-state index contributed by atoms with van der Waals surface area (Å²) in [6, 6.07) is 25.5. The molecule has 0 saturated heterocycles. The highest BCUT2D eigenvalue weighted by Crippen LogP contribution is 2.33. The van der Waals surface area contributed by atoms with Gasteiger partial charge in [0.25, 0.3) is 0 Å². The predicted molar refractivity (Wildman–Crippen MR) is 120 cm³/mol. The van der Waals surface area contributed by atoms with Gasteiger partial charge in [-0.3, -0.25) is 4.79 Å². The van der Waals surface area contributed by atoms with Crippen molar-refractivity contribution < 1.29 is 4.79 Å². The number of nitrogens with zero attached hydrogens (tertiary/aromatic N) is 1. The minimum Gasteiger partial charge on any atom is -0.333 e. The molecule has 1 aliphatic heterocycles. The van der Waals surface area contributed by atoms with Crippen LogP contribution in [0.25, 0.3) is 11.1 Å². The van der Waals surface area contributed by atoms with E-state index in [1.807, 2.05) is 11.8 Å². The monoisotopic (exact) mass is 383 g/mol. The lowest BCUT2D eigenvalue weighted by Gasteiger charge is -2.25. The van der Waals surface area contributed by atoms with Gasteiger partial charge in [0.1, 0.15) is 0 Å². The van der Waals surface area contributed by atoms with E-state index in [-0.39, 0.29) is 11.8 Å². The van der Waals surface area contributed by atoms with Gasteiger partial charge in [0.2, 0.25) is 5.91 Å². The highest BCUT2D eigenvalue weighted by atomic mass is 16.2. The fourth-order valence-corrected chi connectivity index (χ4v) is 4.30. The van der Waals surface area contributed by atoms with Crippen molar-refractivity contribution in [1.82, 2.24) is 4.90 Å². The van der Waals surface area contributed by atoms with Crippen LogP contribution in [0.15, 0.2) is 72.8 Å². The van der Waals surface area contributed by atoms with Crippen molar-refractivity contribution in [2.24, 2.45) is 5.92 Å². The molecule has 1 amide bonds. The largest absolute Gasteiger partial charge is 0.333 e. The van der Waals surface area contributed by atoms with Crippen molar-refractivity contribution in [2.75, 3.05) is 0 Å². The van der Waals surface area contributed by atoms with Crippen molar-refractivity contribution >= 4 is 5.91 Å². The van der Waals surface area contributed by atoms with Gasteiger partial charge in [-0.15, -0.1) is 0 Å². The van der Waals surface area contributed by atoms with Gasteiger partial charge in [0.05, 0.1) is 5.92 Å². The summed E-state index contributed by atoms with van der Waals surface area (Å²) in [6.45, 7) is 7.80. The molecule has 0 saturated carbocycles. The summed E-state index contributed by atoms with van der Waals surface area (Å²) >= 11 is 0. The Hall–Kier alpha value is -2.87. The average Bonchev–Trinajstić information content (AvgIpc) is 2.90. The van der Waals surface area contributed by atoms with E-state index >= 15 is 0 Å². The Bertz CT molecular complexity index is 956. The maximum atomic E-state index is 13.5. The molecule has 1 heterocycles. The molecule has 0 unspecified atom stereocenters. The maximum absolute atomic E-state index is 13.5. The second-order valence-electron chi connectivity index (χ2n) is 8.57. The van der Waals surface area contributed by atoms with Gasteiger partial charge in [0.15, 0.2) is 0 Å². The van der Waals surface area contributed by atoms with Gasteiger partial charge in [-0.25, -0.2) is 0 Å². The molecule has 2 nitrogen and oxygen atoms in total. The zero-order valence-corrected chi connectivity index (χ0v) is 17.6. The predicted octanol–water partition coefficient (Wildman–Crippen LogP) is 6.20. The number of carbonyl (C=O) groups excluding carboxylic acids is 1. The van der Waals surface area contributed by atoms with Crippen LogP contribution in [0.4, 0.5) is 0 Å². The zero-order chi connectivity index (χ0) is 20.4. The highest BCUT2D eigenvalue weighted by Gasteiger charge is 2.26. The Morgan fingerprint density at radius 1 is 0.793 bits per heavy atom. The molecule has 0 radical (unpaired) electrons. The Morgan fingerprint density at radius 2 is 1.31 bits per heavy atom. The van der Waals surface area contributed by atoms with E-state index in [2.05, 4.69) is 86.6 Å². The molecule has 148 valence electrons. The van der Waals surface area contributed by atoms with Crippen LogP contribution >= 0.6 is 0 Å². The SMILES string of the molecule is CC(C)Cc1ccc([C@@H](C)C(=O)N2Cc3ccccc3-c3ccccc3C2)cc1. The van der Waals surface area contributed by atoms with Crippen LogP contribution < -0.4 is 0 Å².